The van der Waals surface area contributed by atoms with Crippen molar-refractivity contribution in [2.45, 2.75) is 66.2 Å². The standard InChI is InChI=1S/C15H28/c1-11(2)13-7-9-15(4)8-5-6-12(3)14(15)10-13/h11-14H,5-10H2,1-4H3/t12-,13+,14-,15+/m0/s1. The van der Waals surface area contributed by atoms with Crippen LogP contribution in [0.1, 0.15) is 66.2 Å². The van der Waals surface area contributed by atoms with Gasteiger partial charge in [-0.25, -0.2) is 0 Å². The summed E-state index contributed by atoms with van der Waals surface area (Å²) in [5.41, 5.74) is 0.711. The highest BCUT2D eigenvalue weighted by Crippen LogP contribution is 2.54. The molecule has 0 spiro atoms. The molecule has 2 fully saturated rings. The normalized spacial score (nSPS) is 46.6. The lowest BCUT2D eigenvalue weighted by Crippen LogP contribution is -2.41. The van der Waals surface area contributed by atoms with Gasteiger partial charge in [-0.05, 0) is 54.8 Å². The van der Waals surface area contributed by atoms with Gasteiger partial charge in [0.25, 0.3) is 0 Å². The second-order valence-electron chi connectivity index (χ2n) is 6.91. The van der Waals surface area contributed by atoms with Crippen LogP contribution in [0.3, 0.4) is 0 Å². The van der Waals surface area contributed by atoms with E-state index < -0.39 is 0 Å². The predicted molar refractivity (Wildman–Crippen MR) is 66.8 cm³/mol. The van der Waals surface area contributed by atoms with Gasteiger partial charge in [-0.15, -0.1) is 0 Å². The zero-order valence-electron chi connectivity index (χ0n) is 11.1. The first-order valence-electron chi connectivity index (χ1n) is 7.03. The maximum absolute atomic E-state index is 2.57. The van der Waals surface area contributed by atoms with Gasteiger partial charge in [0, 0.05) is 0 Å². The smallest absolute Gasteiger partial charge is 0.0295 e. The van der Waals surface area contributed by atoms with Gasteiger partial charge in [-0.2, -0.15) is 0 Å². The SMILES string of the molecule is CC(C)[C@@H]1CC[C@@]2(C)CCC[C@H](C)[C@@H]2C1. The molecule has 0 aromatic carbocycles. The van der Waals surface area contributed by atoms with Crippen LogP contribution in [-0.4, -0.2) is 0 Å². The van der Waals surface area contributed by atoms with Gasteiger partial charge in [0.15, 0.2) is 0 Å². The Morgan fingerprint density at radius 2 is 1.87 bits per heavy atom. The fourth-order valence-electron chi connectivity index (χ4n) is 4.29. The molecule has 0 unspecified atom stereocenters. The maximum atomic E-state index is 2.57. The summed E-state index contributed by atoms with van der Waals surface area (Å²) in [5.74, 6) is 3.95. The van der Waals surface area contributed by atoms with Crippen molar-refractivity contribution in [3.05, 3.63) is 0 Å². The van der Waals surface area contributed by atoms with Crippen LogP contribution in [0.25, 0.3) is 0 Å². The van der Waals surface area contributed by atoms with Crippen molar-refractivity contribution < 1.29 is 0 Å². The fourth-order valence-corrected chi connectivity index (χ4v) is 4.29. The molecule has 2 saturated carbocycles. The minimum absolute atomic E-state index is 0.711. The van der Waals surface area contributed by atoms with Crippen LogP contribution in [0, 0.1) is 29.1 Å². The van der Waals surface area contributed by atoms with Crippen molar-refractivity contribution in [1.29, 1.82) is 0 Å². The third kappa shape index (κ3) is 2.10. The molecule has 4 atom stereocenters. The van der Waals surface area contributed by atoms with Gasteiger partial charge in [0.2, 0.25) is 0 Å². The minimum atomic E-state index is 0.711. The molecule has 2 aliphatic carbocycles. The summed E-state index contributed by atoms with van der Waals surface area (Å²) >= 11 is 0. The molecule has 0 nitrogen and oxygen atoms in total. The Morgan fingerprint density at radius 3 is 2.53 bits per heavy atom. The second kappa shape index (κ2) is 4.11. The van der Waals surface area contributed by atoms with E-state index in [9.17, 15) is 0 Å². The Bertz CT molecular complexity index is 218. The average Bonchev–Trinajstić information content (AvgIpc) is 2.17. The maximum Gasteiger partial charge on any atom is -0.0295 e. The van der Waals surface area contributed by atoms with Gasteiger partial charge in [0.05, 0.1) is 0 Å². The van der Waals surface area contributed by atoms with Gasteiger partial charge in [-0.1, -0.05) is 40.5 Å². The number of hydrogen-bond donors (Lipinski definition) is 0. The van der Waals surface area contributed by atoms with Crippen molar-refractivity contribution in [2.75, 3.05) is 0 Å². The van der Waals surface area contributed by atoms with Gasteiger partial charge < -0.3 is 0 Å². The number of rotatable bonds is 1. The van der Waals surface area contributed by atoms with Crippen LogP contribution in [-0.2, 0) is 0 Å². The summed E-state index contributed by atoms with van der Waals surface area (Å²) in [4.78, 5) is 0. The molecule has 0 radical (unpaired) electrons. The quantitative estimate of drug-likeness (QED) is 0.576. The topological polar surface area (TPSA) is 0 Å². The lowest BCUT2D eigenvalue weighted by Gasteiger charge is -2.51. The lowest BCUT2D eigenvalue weighted by molar-refractivity contribution is -0.00939. The van der Waals surface area contributed by atoms with Crippen molar-refractivity contribution in [3.63, 3.8) is 0 Å². The molecule has 2 aliphatic rings. The molecule has 0 aromatic rings. The van der Waals surface area contributed by atoms with Crippen LogP contribution in [0.5, 0.6) is 0 Å². The van der Waals surface area contributed by atoms with Crippen LogP contribution >= 0.6 is 0 Å². The first-order chi connectivity index (χ1) is 7.03. The van der Waals surface area contributed by atoms with Crippen molar-refractivity contribution in [1.82, 2.24) is 0 Å². The van der Waals surface area contributed by atoms with Crippen molar-refractivity contribution in [2.24, 2.45) is 29.1 Å². The molecule has 0 saturated heterocycles. The molecule has 88 valence electrons. The third-order valence-electron chi connectivity index (χ3n) is 5.58. The largest absolute Gasteiger partial charge is 0.0625 e. The molecule has 0 heteroatoms. The van der Waals surface area contributed by atoms with Gasteiger partial charge in [0.1, 0.15) is 0 Å². The van der Waals surface area contributed by atoms with Crippen LogP contribution in [0.4, 0.5) is 0 Å². The van der Waals surface area contributed by atoms with E-state index in [-0.39, 0.29) is 0 Å². The van der Waals surface area contributed by atoms with E-state index in [0.717, 1.165) is 23.7 Å². The Labute approximate surface area is 95.8 Å². The van der Waals surface area contributed by atoms with Crippen molar-refractivity contribution in [3.8, 4) is 0 Å². The zero-order valence-corrected chi connectivity index (χ0v) is 11.1. The Balaban J connectivity index is 2.09. The van der Waals surface area contributed by atoms with Crippen LogP contribution < -0.4 is 0 Å². The van der Waals surface area contributed by atoms with E-state index >= 15 is 0 Å². The Morgan fingerprint density at radius 1 is 1.13 bits per heavy atom. The van der Waals surface area contributed by atoms with E-state index in [0.29, 0.717) is 5.41 Å². The average molecular weight is 208 g/mol. The molecule has 0 aliphatic heterocycles. The van der Waals surface area contributed by atoms with E-state index in [4.69, 9.17) is 0 Å². The molecule has 2 rings (SSSR count). The molecule has 0 heterocycles. The summed E-state index contributed by atoms with van der Waals surface area (Å²) < 4.78 is 0. The zero-order chi connectivity index (χ0) is 11.1. The highest BCUT2D eigenvalue weighted by atomic mass is 14.5. The molecule has 0 bridgehead atoms. The van der Waals surface area contributed by atoms with E-state index in [1.54, 1.807) is 0 Å². The monoisotopic (exact) mass is 208 g/mol. The minimum Gasteiger partial charge on any atom is -0.0625 e. The summed E-state index contributed by atoms with van der Waals surface area (Å²) in [6.45, 7) is 9.91. The number of hydrogen-bond acceptors (Lipinski definition) is 0. The Kier molecular flexibility index (Phi) is 3.14. The first kappa shape index (κ1) is 11.5. The molecular formula is C15H28. The van der Waals surface area contributed by atoms with E-state index in [1.807, 2.05) is 0 Å². The first-order valence-corrected chi connectivity index (χ1v) is 7.03. The summed E-state index contributed by atoms with van der Waals surface area (Å²) in [6, 6.07) is 0. The van der Waals surface area contributed by atoms with E-state index in [2.05, 4.69) is 27.7 Å². The molecule has 15 heavy (non-hydrogen) atoms. The highest BCUT2D eigenvalue weighted by Gasteiger charge is 2.44. The summed E-state index contributed by atoms with van der Waals surface area (Å²) in [7, 11) is 0. The van der Waals surface area contributed by atoms with Gasteiger partial charge >= 0.3 is 0 Å². The second-order valence-corrected chi connectivity index (χ2v) is 6.91. The molecular weight excluding hydrogens is 180 g/mol. The predicted octanol–water partition coefficient (Wildman–Crippen LogP) is 4.89. The summed E-state index contributed by atoms with van der Waals surface area (Å²) in [6.07, 6.45) is 9.01. The van der Waals surface area contributed by atoms with Crippen LogP contribution in [0.2, 0.25) is 0 Å². The molecule has 0 N–H and O–H groups in total. The van der Waals surface area contributed by atoms with E-state index in [1.165, 1.54) is 38.5 Å². The highest BCUT2D eigenvalue weighted by molar-refractivity contribution is 4.94. The number of fused-ring (bicyclic) bond motifs is 1. The molecule has 0 aromatic heterocycles. The van der Waals surface area contributed by atoms with Gasteiger partial charge in [-0.3, -0.25) is 0 Å². The van der Waals surface area contributed by atoms with Crippen LogP contribution in [0.15, 0.2) is 0 Å². The molecule has 0 amide bonds. The third-order valence-corrected chi connectivity index (χ3v) is 5.58. The lowest BCUT2D eigenvalue weighted by atomic mass is 9.54. The Hall–Kier alpha value is 0. The fraction of sp³-hybridized carbons (Fsp3) is 1.00. The summed E-state index contributed by atoms with van der Waals surface area (Å²) in [5, 5.41) is 0. The van der Waals surface area contributed by atoms with Crippen molar-refractivity contribution >= 4 is 0 Å².